The number of hydrazine groups is 1. The van der Waals surface area contributed by atoms with Crippen LogP contribution in [0.4, 0.5) is 5.82 Å². The Hall–Kier alpha value is -0.890. The van der Waals surface area contributed by atoms with Gasteiger partial charge in [0.15, 0.2) is 5.82 Å². The lowest BCUT2D eigenvalue weighted by Crippen LogP contribution is -2.47. The van der Waals surface area contributed by atoms with E-state index < -0.39 is 10.0 Å². The summed E-state index contributed by atoms with van der Waals surface area (Å²) in [7, 11) is -3.59. The highest BCUT2D eigenvalue weighted by atomic mass is 35.5. The molecule has 2 rings (SSSR count). The van der Waals surface area contributed by atoms with Crippen molar-refractivity contribution in [3.05, 3.63) is 17.3 Å². The molecular weight excluding hydrogens is 300 g/mol. The van der Waals surface area contributed by atoms with Crippen LogP contribution in [0.3, 0.4) is 0 Å². The number of piperidine rings is 1. The highest BCUT2D eigenvalue weighted by Crippen LogP contribution is 2.31. The summed E-state index contributed by atoms with van der Waals surface area (Å²) in [6.45, 7) is 3.86. The van der Waals surface area contributed by atoms with Gasteiger partial charge in [-0.05, 0) is 32.8 Å². The maximum atomic E-state index is 12.7. The van der Waals surface area contributed by atoms with Crippen molar-refractivity contribution in [1.29, 1.82) is 0 Å². The van der Waals surface area contributed by atoms with E-state index in [1.807, 2.05) is 13.8 Å². The minimum atomic E-state index is -3.59. The van der Waals surface area contributed by atoms with E-state index in [1.54, 1.807) is 4.31 Å². The first-order valence-electron chi connectivity index (χ1n) is 6.53. The second-order valence-corrected chi connectivity index (χ2v) is 7.36. The molecule has 1 aliphatic heterocycles. The summed E-state index contributed by atoms with van der Waals surface area (Å²) in [6, 6.07) is 1.34. The van der Waals surface area contributed by atoms with Crippen LogP contribution in [0.15, 0.2) is 17.2 Å². The molecule has 0 saturated carbocycles. The number of nitrogens with zero attached hydrogens (tertiary/aromatic N) is 2. The van der Waals surface area contributed by atoms with Gasteiger partial charge in [-0.15, -0.1) is 0 Å². The summed E-state index contributed by atoms with van der Waals surface area (Å²) in [5, 5.41) is 0.186. The molecule has 0 bridgehead atoms. The standard InChI is InChI=1S/C12H19ClN4O2S/c1-8-4-3-5-9(2)17(8)20(18,19)10-6-11(13)12(16-14)15-7-10/h6-9H,3-5,14H2,1-2H3,(H,15,16)/t8-,9+. The third-order valence-electron chi connectivity index (χ3n) is 3.64. The number of nitrogens with two attached hydrogens (primary N) is 1. The van der Waals surface area contributed by atoms with E-state index in [4.69, 9.17) is 17.4 Å². The van der Waals surface area contributed by atoms with Crippen LogP contribution in [0.25, 0.3) is 0 Å². The number of pyridine rings is 1. The quantitative estimate of drug-likeness (QED) is 0.657. The van der Waals surface area contributed by atoms with Gasteiger partial charge in [-0.2, -0.15) is 4.31 Å². The predicted octanol–water partition coefficient (Wildman–Crippen LogP) is 1.97. The molecule has 1 aliphatic rings. The van der Waals surface area contributed by atoms with Crippen LogP contribution >= 0.6 is 11.6 Å². The number of hydrogen-bond acceptors (Lipinski definition) is 5. The third kappa shape index (κ3) is 2.76. The Morgan fingerprint density at radius 3 is 2.50 bits per heavy atom. The van der Waals surface area contributed by atoms with Gasteiger partial charge in [-0.25, -0.2) is 19.2 Å². The smallest absolute Gasteiger partial charge is 0.245 e. The maximum absolute atomic E-state index is 12.7. The van der Waals surface area contributed by atoms with Crippen molar-refractivity contribution < 1.29 is 8.42 Å². The van der Waals surface area contributed by atoms with Crippen molar-refractivity contribution in [1.82, 2.24) is 9.29 Å². The fourth-order valence-corrected chi connectivity index (χ4v) is 4.80. The molecule has 0 radical (unpaired) electrons. The van der Waals surface area contributed by atoms with E-state index in [0.29, 0.717) is 0 Å². The second-order valence-electron chi connectivity index (χ2n) is 5.11. The lowest BCUT2D eigenvalue weighted by molar-refractivity contribution is 0.204. The Morgan fingerprint density at radius 1 is 1.40 bits per heavy atom. The van der Waals surface area contributed by atoms with Gasteiger partial charge in [0.05, 0.1) is 5.02 Å². The highest BCUT2D eigenvalue weighted by molar-refractivity contribution is 7.89. The van der Waals surface area contributed by atoms with Crippen molar-refractivity contribution in [3.63, 3.8) is 0 Å². The fraction of sp³-hybridized carbons (Fsp3) is 0.583. The topological polar surface area (TPSA) is 88.3 Å². The van der Waals surface area contributed by atoms with Gasteiger partial charge in [-0.1, -0.05) is 18.0 Å². The molecule has 1 saturated heterocycles. The summed E-state index contributed by atoms with van der Waals surface area (Å²) in [5.41, 5.74) is 2.32. The van der Waals surface area contributed by atoms with E-state index in [2.05, 4.69) is 10.4 Å². The summed E-state index contributed by atoms with van der Waals surface area (Å²) in [6.07, 6.45) is 4.06. The van der Waals surface area contributed by atoms with Crippen LogP contribution in [-0.2, 0) is 10.0 Å². The van der Waals surface area contributed by atoms with Gasteiger partial charge in [0.1, 0.15) is 4.90 Å². The first kappa shape index (κ1) is 15.5. The molecule has 2 atom stereocenters. The van der Waals surface area contributed by atoms with Crippen LogP contribution < -0.4 is 11.3 Å². The van der Waals surface area contributed by atoms with Crippen LogP contribution in [0.5, 0.6) is 0 Å². The number of sulfonamides is 1. The molecule has 0 aromatic carbocycles. The van der Waals surface area contributed by atoms with Gasteiger partial charge in [0.2, 0.25) is 10.0 Å². The SMILES string of the molecule is C[C@@H]1CCC[C@H](C)N1S(=O)(=O)c1cnc(NN)c(Cl)c1. The average molecular weight is 319 g/mol. The minimum absolute atomic E-state index is 0.0187. The number of aromatic nitrogens is 1. The van der Waals surface area contributed by atoms with Crippen LogP contribution in [-0.4, -0.2) is 29.8 Å². The minimum Gasteiger partial charge on any atom is -0.307 e. The van der Waals surface area contributed by atoms with E-state index in [1.165, 1.54) is 12.3 Å². The monoisotopic (exact) mass is 318 g/mol. The van der Waals surface area contributed by atoms with Crippen molar-refractivity contribution in [2.24, 2.45) is 5.84 Å². The molecule has 1 aromatic rings. The molecule has 1 aromatic heterocycles. The van der Waals surface area contributed by atoms with Crippen LogP contribution in [0.2, 0.25) is 5.02 Å². The second kappa shape index (κ2) is 5.85. The van der Waals surface area contributed by atoms with Gasteiger partial charge in [-0.3, -0.25) is 0 Å². The third-order valence-corrected chi connectivity index (χ3v) is 6.02. The zero-order valence-corrected chi connectivity index (χ0v) is 13.1. The predicted molar refractivity (Wildman–Crippen MR) is 78.9 cm³/mol. The Labute approximate surface area is 124 Å². The lowest BCUT2D eigenvalue weighted by Gasteiger charge is -2.37. The van der Waals surface area contributed by atoms with Crippen molar-refractivity contribution in [2.75, 3.05) is 5.43 Å². The number of anilines is 1. The fourth-order valence-electron chi connectivity index (χ4n) is 2.66. The molecule has 0 amide bonds. The van der Waals surface area contributed by atoms with Gasteiger partial charge >= 0.3 is 0 Å². The molecule has 0 aliphatic carbocycles. The van der Waals surface area contributed by atoms with Crippen molar-refractivity contribution in [2.45, 2.75) is 50.1 Å². The molecule has 8 heteroatoms. The molecule has 0 unspecified atom stereocenters. The van der Waals surface area contributed by atoms with E-state index >= 15 is 0 Å². The summed E-state index contributed by atoms with van der Waals surface area (Å²) in [4.78, 5) is 4.03. The molecular formula is C12H19ClN4O2S. The largest absolute Gasteiger partial charge is 0.307 e. The molecule has 6 nitrogen and oxygen atoms in total. The first-order valence-corrected chi connectivity index (χ1v) is 8.35. The molecule has 112 valence electrons. The Bertz CT molecular complexity index is 583. The number of rotatable bonds is 3. The van der Waals surface area contributed by atoms with Crippen LogP contribution in [0.1, 0.15) is 33.1 Å². The number of nitrogen functional groups attached to an aromatic ring is 1. The molecule has 20 heavy (non-hydrogen) atoms. The number of nitrogens with one attached hydrogen (secondary N) is 1. The molecule has 3 N–H and O–H groups in total. The zero-order chi connectivity index (χ0) is 14.9. The number of hydrogen-bond donors (Lipinski definition) is 2. The molecule has 1 fully saturated rings. The van der Waals surface area contributed by atoms with Crippen LogP contribution in [0, 0.1) is 0 Å². The normalized spacial score (nSPS) is 24.6. The maximum Gasteiger partial charge on any atom is 0.245 e. The summed E-state index contributed by atoms with van der Waals surface area (Å²) >= 11 is 5.96. The van der Waals surface area contributed by atoms with Crippen molar-refractivity contribution in [3.8, 4) is 0 Å². The van der Waals surface area contributed by atoms with E-state index in [0.717, 1.165) is 19.3 Å². The highest BCUT2D eigenvalue weighted by Gasteiger charge is 2.36. The molecule has 0 spiro atoms. The Morgan fingerprint density at radius 2 is 2.00 bits per heavy atom. The summed E-state index contributed by atoms with van der Waals surface area (Å²) in [5.74, 6) is 5.49. The van der Waals surface area contributed by atoms with E-state index in [-0.39, 0.29) is 27.8 Å². The molecule has 2 heterocycles. The zero-order valence-electron chi connectivity index (χ0n) is 11.5. The average Bonchev–Trinajstić information content (AvgIpc) is 2.38. The lowest BCUT2D eigenvalue weighted by atomic mass is 10.0. The Balaban J connectivity index is 2.41. The summed E-state index contributed by atoms with van der Waals surface area (Å²) < 4.78 is 27.0. The van der Waals surface area contributed by atoms with Gasteiger partial charge < -0.3 is 5.43 Å². The number of halogens is 1. The van der Waals surface area contributed by atoms with Gasteiger partial charge in [0, 0.05) is 18.3 Å². The first-order chi connectivity index (χ1) is 9.37. The van der Waals surface area contributed by atoms with Crippen molar-refractivity contribution >= 4 is 27.4 Å². The van der Waals surface area contributed by atoms with E-state index in [9.17, 15) is 8.42 Å². The Kier molecular flexibility index (Phi) is 4.53. The van der Waals surface area contributed by atoms with Gasteiger partial charge in [0.25, 0.3) is 0 Å².